The molecule has 5 heteroatoms. The summed E-state index contributed by atoms with van der Waals surface area (Å²) in [6.45, 7) is 17.9. The Labute approximate surface area is 267 Å². The summed E-state index contributed by atoms with van der Waals surface area (Å²) in [7, 11) is 0. The topological polar surface area (TPSA) is 54.0 Å². The molecule has 0 radical (unpaired) electrons. The van der Waals surface area contributed by atoms with Crippen molar-refractivity contribution in [3.8, 4) is 0 Å². The largest absolute Gasteiger partial charge is 0.657 e. The smallest absolute Gasteiger partial charge is 0.0660 e. The summed E-state index contributed by atoms with van der Waals surface area (Å²) in [4.78, 5) is 21.0. The molecular formula is C37H47N4Pt-3. The molecule has 0 saturated heterocycles. The van der Waals surface area contributed by atoms with Crippen molar-refractivity contribution in [3.05, 3.63) is 76.7 Å². The number of allylic oxidation sites excluding steroid dienone is 4. The average Bonchev–Trinajstić information content (AvgIpc) is 3.67. The van der Waals surface area contributed by atoms with Gasteiger partial charge in [-0.1, -0.05) is 102 Å². The van der Waals surface area contributed by atoms with E-state index >= 15 is 0 Å². The Morgan fingerprint density at radius 2 is 0.619 bits per heavy atom. The first-order valence-corrected chi connectivity index (χ1v) is 15.6. The molecule has 42 heavy (non-hydrogen) atoms. The molecule has 2 aliphatic rings. The maximum Gasteiger partial charge on any atom is 0.0660 e. The fraction of sp³-hybridized carbons (Fsp3) is 0.432. The minimum atomic E-state index is 0. The van der Waals surface area contributed by atoms with E-state index in [4.69, 9.17) is 19.9 Å². The molecule has 228 valence electrons. The van der Waals surface area contributed by atoms with E-state index in [0.717, 1.165) is 96.2 Å². The second-order valence-electron chi connectivity index (χ2n) is 10.8. The molecule has 4 nitrogen and oxygen atoms in total. The van der Waals surface area contributed by atoms with Crippen molar-refractivity contribution >= 4 is 44.4 Å². The first-order chi connectivity index (χ1) is 19.5. The minimum Gasteiger partial charge on any atom is -0.657 e. The van der Waals surface area contributed by atoms with Crippen LogP contribution >= 0.6 is 0 Å². The normalized spacial score (nSPS) is 13.0. The van der Waals surface area contributed by atoms with Gasteiger partial charge < -0.3 is 17.4 Å². The summed E-state index contributed by atoms with van der Waals surface area (Å²) in [5.74, 6) is 0. The molecule has 0 atom stereocenters. The molecule has 0 amide bonds. The van der Waals surface area contributed by atoms with Crippen LogP contribution in [0.15, 0.2) is 24.3 Å². The molecule has 3 aromatic heterocycles. The second kappa shape index (κ2) is 14.2. The first kappa shape index (κ1) is 33.8. The Morgan fingerprint density at radius 3 is 0.786 bits per heavy atom. The summed E-state index contributed by atoms with van der Waals surface area (Å²) in [5.41, 5.74) is 19.1. The number of nitrogens with zero attached hydrogens (tertiary/aromatic N) is 4. The van der Waals surface area contributed by atoms with Gasteiger partial charge in [-0.05, 0) is 73.7 Å². The second-order valence-corrected chi connectivity index (χ2v) is 10.8. The summed E-state index contributed by atoms with van der Waals surface area (Å²) >= 11 is 0. The van der Waals surface area contributed by atoms with E-state index < -0.39 is 0 Å². The summed E-state index contributed by atoms with van der Waals surface area (Å²) in [6, 6.07) is 8.98. The molecule has 5 heterocycles. The molecule has 3 aromatic rings. The Kier molecular flexibility index (Phi) is 11.4. The number of rotatable bonds is 8. The third kappa shape index (κ3) is 5.64. The number of aryl methyl sites for hydroxylation is 4. The number of hydrogen-bond donors (Lipinski definition) is 0. The molecule has 2 aliphatic heterocycles. The summed E-state index contributed by atoms with van der Waals surface area (Å²) in [5, 5.41) is 0. The zero-order chi connectivity index (χ0) is 28.6. The van der Waals surface area contributed by atoms with Gasteiger partial charge in [-0.2, -0.15) is 0 Å². The predicted octanol–water partition coefficient (Wildman–Crippen LogP) is 9.73. The molecule has 0 spiro atoms. The van der Waals surface area contributed by atoms with E-state index in [9.17, 15) is 0 Å². The number of fused-ring (bicyclic) bond motifs is 8. The zero-order valence-corrected chi connectivity index (χ0v) is 29.3. The van der Waals surface area contributed by atoms with Crippen molar-refractivity contribution in [2.75, 3.05) is 0 Å². The Morgan fingerprint density at radius 1 is 0.405 bits per heavy atom. The van der Waals surface area contributed by atoms with Crippen LogP contribution in [0.3, 0.4) is 0 Å². The molecule has 0 unspecified atom stereocenters. The quantitative estimate of drug-likeness (QED) is 0.216. The first-order valence-electron chi connectivity index (χ1n) is 15.6. The molecule has 0 saturated carbocycles. The molecule has 0 fully saturated rings. The van der Waals surface area contributed by atoms with Gasteiger partial charge in [0.05, 0.1) is 22.8 Å². The van der Waals surface area contributed by atoms with Gasteiger partial charge in [-0.25, -0.2) is 9.97 Å². The van der Waals surface area contributed by atoms with Crippen LogP contribution in [0.2, 0.25) is 0 Å². The maximum atomic E-state index is 5.25. The Balaban J connectivity index is 0.00000242. The average molecular weight is 743 g/mol. The van der Waals surface area contributed by atoms with Gasteiger partial charge in [0, 0.05) is 21.1 Å². The van der Waals surface area contributed by atoms with Gasteiger partial charge in [-0.15, -0.1) is 22.1 Å². The van der Waals surface area contributed by atoms with E-state index in [1.54, 1.807) is 0 Å². The standard InChI is InChI=1S/C36H44N4.CH3.Pt/c1-9-21-22(10-2)30-18-32-25(13-5)26(14-6)34(39-32)20-36-28(16-8)27(15-7)35(40-36)19-33-24(12-4)23(11-3)31(38-33)17-29(21)37-30;;/h17-20H,9-16H2,1-8H3;1H3;/q-2;-1;. The van der Waals surface area contributed by atoms with Gasteiger partial charge in [0.25, 0.3) is 0 Å². The van der Waals surface area contributed by atoms with Crippen LogP contribution in [0, 0.1) is 7.43 Å². The number of hydrogen-bond acceptors (Lipinski definition) is 2. The van der Waals surface area contributed by atoms with Crippen LogP contribution in [0.4, 0.5) is 0 Å². The fourth-order valence-electron chi connectivity index (χ4n) is 6.92. The SMILES string of the molecule is CCC1=C(CC)c2cc3[n-]c(cc4nc(cc5[n-]c(cc1n2)c(CC)c5CC)C(CC)=C4CC)c(CC)c3CC.[CH3-].[Pt]. The van der Waals surface area contributed by atoms with E-state index in [-0.39, 0.29) is 28.5 Å². The molecule has 0 aliphatic carbocycles. The molecule has 8 bridgehead atoms. The van der Waals surface area contributed by atoms with Crippen LogP contribution in [0.25, 0.3) is 44.4 Å². The monoisotopic (exact) mass is 742 g/mol. The molecular weight excluding hydrogens is 696 g/mol. The Hall–Kier alpha value is -2.71. The van der Waals surface area contributed by atoms with E-state index in [1.807, 2.05) is 0 Å². The van der Waals surface area contributed by atoms with Crippen molar-refractivity contribution in [2.45, 2.75) is 107 Å². The zero-order valence-electron chi connectivity index (χ0n) is 27.1. The van der Waals surface area contributed by atoms with E-state index in [0.29, 0.717) is 0 Å². The number of aromatic nitrogens is 4. The van der Waals surface area contributed by atoms with Gasteiger partial charge >= 0.3 is 0 Å². The van der Waals surface area contributed by atoms with Crippen LogP contribution in [0.1, 0.15) is 126 Å². The van der Waals surface area contributed by atoms with Crippen LogP contribution in [-0.4, -0.2) is 9.97 Å². The Bertz CT molecular complexity index is 1440. The van der Waals surface area contributed by atoms with Crippen molar-refractivity contribution in [1.82, 2.24) is 19.9 Å². The van der Waals surface area contributed by atoms with Crippen LogP contribution in [0.5, 0.6) is 0 Å². The van der Waals surface area contributed by atoms with Gasteiger partial charge in [0.1, 0.15) is 0 Å². The summed E-state index contributed by atoms with van der Waals surface area (Å²) in [6.07, 6.45) is 7.60. The van der Waals surface area contributed by atoms with Crippen LogP contribution < -0.4 is 9.97 Å². The van der Waals surface area contributed by atoms with Crippen molar-refractivity contribution in [2.24, 2.45) is 0 Å². The van der Waals surface area contributed by atoms with E-state index in [2.05, 4.69) is 79.7 Å². The predicted molar refractivity (Wildman–Crippen MR) is 178 cm³/mol. The van der Waals surface area contributed by atoms with E-state index in [1.165, 1.54) is 44.5 Å². The molecule has 0 aromatic carbocycles. The van der Waals surface area contributed by atoms with Crippen molar-refractivity contribution < 1.29 is 21.1 Å². The van der Waals surface area contributed by atoms with Gasteiger partial charge in [0.2, 0.25) is 0 Å². The van der Waals surface area contributed by atoms with Crippen LogP contribution in [-0.2, 0) is 46.7 Å². The molecule has 5 rings (SSSR count). The fourth-order valence-corrected chi connectivity index (χ4v) is 6.92. The molecule has 0 N–H and O–H groups in total. The van der Waals surface area contributed by atoms with Gasteiger partial charge in [-0.3, -0.25) is 0 Å². The van der Waals surface area contributed by atoms with Gasteiger partial charge in [0.15, 0.2) is 0 Å². The summed E-state index contributed by atoms with van der Waals surface area (Å²) < 4.78 is 0. The third-order valence-electron chi connectivity index (χ3n) is 8.82. The van der Waals surface area contributed by atoms with Crippen molar-refractivity contribution in [3.63, 3.8) is 0 Å². The minimum absolute atomic E-state index is 0. The third-order valence-corrected chi connectivity index (χ3v) is 8.82. The maximum absolute atomic E-state index is 5.25. The van der Waals surface area contributed by atoms with Crippen molar-refractivity contribution in [1.29, 1.82) is 0 Å².